The number of fused-ring (bicyclic) bond motifs is 7. The van der Waals surface area contributed by atoms with E-state index < -0.39 is 77.3 Å². The van der Waals surface area contributed by atoms with Crippen LogP contribution in [0.3, 0.4) is 0 Å². The van der Waals surface area contributed by atoms with Gasteiger partial charge in [0.25, 0.3) is 11.8 Å². The Morgan fingerprint density at radius 1 is 0.589 bits per heavy atom. The number of imide groups is 1. The number of allylic oxidation sites excluding steroid dienone is 4. The number of ketones is 4. The van der Waals surface area contributed by atoms with E-state index >= 15 is 8.78 Å². The summed E-state index contributed by atoms with van der Waals surface area (Å²) in [6.45, 7) is 11.1. The molecule has 8 rings (SSSR count). The Morgan fingerprint density at radius 2 is 1.08 bits per heavy atom. The Labute approximate surface area is 554 Å². The van der Waals surface area contributed by atoms with Crippen molar-refractivity contribution in [2.75, 3.05) is 172 Å². The van der Waals surface area contributed by atoms with Gasteiger partial charge in [0.2, 0.25) is 0 Å². The van der Waals surface area contributed by atoms with Gasteiger partial charge in [0.05, 0.1) is 164 Å². The van der Waals surface area contributed by atoms with Crippen LogP contribution in [0.25, 0.3) is 0 Å². The molecule has 0 spiro atoms. The zero-order valence-electron chi connectivity index (χ0n) is 54.6. The van der Waals surface area contributed by atoms with Gasteiger partial charge in [-0.25, -0.2) is 8.78 Å². The summed E-state index contributed by atoms with van der Waals surface area (Å²) in [6.07, 6.45) is 2.87. The number of Topliss-reactive ketones (excluding diaryl/α,β-unsaturated/α-hetero) is 3. The van der Waals surface area contributed by atoms with Gasteiger partial charge >= 0.3 is 0 Å². The van der Waals surface area contributed by atoms with Crippen LogP contribution < -0.4 is 0 Å². The van der Waals surface area contributed by atoms with Crippen molar-refractivity contribution >= 4 is 34.9 Å². The van der Waals surface area contributed by atoms with E-state index in [1.54, 1.807) is 6.92 Å². The van der Waals surface area contributed by atoms with Crippen molar-refractivity contribution in [1.82, 2.24) is 4.90 Å². The summed E-state index contributed by atoms with van der Waals surface area (Å²) in [6, 6.07) is 15.4. The average molecular weight is 1340 g/mol. The molecule has 2 amide bonds. The second-order valence-electron chi connectivity index (χ2n) is 24.5. The fourth-order valence-electron chi connectivity index (χ4n) is 13.6. The summed E-state index contributed by atoms with van der Waals surface area (Å²) in [5.41, 5.74) is -1.66. The van der Waals surface area contributed by atoms with Gasteiger partial charge in [-0.05, 0) is 72.4 Å². The zero-order valence-corrected chi connectivity index (χ0v) is 54.6. The van der Waals surface area contributed by atoms with Crippen LogP contribution in [-0.2, 0) is 108 Å². The standard InChI is InChI=1S/C70H95F2NO22/c1-68-48-62(78)69(72)58-12-11-55(76)45-57(58)61(71)46-60(69)59(68)47-64-70(68,63(79)49-74)95-67(94-64)53-9-7-50(8-10-53)42-51-4-2-5-52(43-51)44-56(77)16-19-83-21-23-85-25-27-87-29-31-89-33-35-91-37-39-93-41-40-92-38-36-90-34-32-88-30-28-86-26-24-84-22-20-82-18-3-6-54(75)15-17-73-65(80)13-14-66(73)81/h2,4-5,7-14,43,45,58-62,64,67,74,78H,3,6,15-42,44,46-49H2,1H3/t58-,59-,60-,61-,62-,64+,67+,68-,69-,70+/m0/s1. The molecule has 2 aliphatic heterocycles. The van der Waals surface area contributed by atoms with Gasteiger partial charge < -0.3 is 76.5 Å². The summed E-state index contributed by atoms with van der Waals surface area (Å²) < 4.78 is 113. The van der Waals surface area contributed by atoms with Crippen LogP contribution >= 0.6 is 0 Å². The van der Waals surface area contributed by atoms with Gasteiger partial charge in [0.15, 0.2) is 23.5 Å². The van der Waals surface area contributed by atoms with E-state index in [9.17, 15) is 39.0 Å². The number of carbonyl (C=O) groups excluding carboxylic acids is 6. The highest BCUT2D eigenvalue weighted by molar-refractivity contribution is 6.13. The molecule has 1 saturated heterocycles. The van der Waals surface area contributed by atoms with Crippen molar-refractivity contribution in [2.24, 2.45) is 23.2 Å². The smallest absolute Gasteiger partial charge is 0.253 e. The number of carbonyl (C=O) groups is 6. The predicted octanol–water partition coefficient (Wildman–Crippen LogP) is 4.90. The summed E-state index contributed by atoms with van der Waals surface area (Å²) in [5.74, 6) is -4.54. The highest BCUT2D eigenvalue weighted by Crippen LogP contribution is 2.70. The third kappa shape index (κ3) is 21.4. The molecule has 2 aromatic carbocycles. The molecule has 95 heavy (non-hydrogen) atoms. The Hall–Kier alpha value is -5.30. The average Bonchev–Trinajstić information content (AvgIpc) is 1.56. The molecule has 23 nitrogen and oxygen atoms in total. The zero-order chi connectivity index (χ0) is 67.3. The number of benzene rings is 2. The summed E-state index contributed by atoms with van der Waals surface area (Å²) in [4.78, 5) is 75.0. The fraction of sp³-hybridized carbons (Fsp3) is 0.657. The third-order valence-electron chi connectivity index (χ3n) is 18.3. The minimum Gasteiger partial charge on any atom is -0.390 e. The van der Waals surface area contributed by atoms with Crippen LogP contribution in [0.5, 0.6) is 0 Å². The second kappa shape index (κ2) is 39.3. The Balaban J connectivity index is 0.545. The van der Waals surface area contributed by atoms with Gasteiger partial charge in [-0.3, -0.25) is 33.7 Å². The van der Waals surface area contributed by atoms with Crippen molar-refractivity contribution < 1.29 is 114 Å². The highest BCUT2D eigenvalue weighted by Gasteiger charge is 2.78. The maximum absolute atomic E-state index is 17.4. The number of aliphatic hydroxyl groups is 2. The van der Waals surface area contributed by atoms with Crippen LogP contribution in [0, 0.1) is 23.2 Å². The number of alkyl halides is 2. The molecule has 526 valence electrons. The normalized spacial score (nSPS) is 25.9. The lowest BCUT2D eigenvalue weighted by atomic mass is 9.48. The SMILES string of the molecule is C[C@]12C[C@H](O)[C@]3(F)[C@H]4C=CC(=O)C=C4[C@@H](F)C[C@H]3[C@@H]1C[C@H]1O[C@@H](c3ccc(Cc4cccc(CC(=O)CCOCCOCCOCCOCCOCCOCCOCCOCCOCCOCCOCCOCCCC(=O)CCN5C(=O)C=CC5=O)c4)cc3)O[C@]12C(=O)CO. The molecule has 0 unspecified atom stereocenters. The number of nitrogens with zero attached hydrogens (tertiary/aromatic N) is 1. The van der Waals surface area contributed by atoms with Gasteiger partial charge in [-0.2, -0.15) is 0 Å². The molecular formula is C70H95F2NO22. The number of ether oxygens (including phenoxy) is 14. The molecule has 10 atom stereocenters. The maximum Gasteiger partial charge on any atom is 0.253 e. The molecule has 6 aliphatic rings. The minimum atomic E-state index is -2.27. The van der Waals surface area contributed by atoms with Gasteiger partial charge in [0.1, 0.15) is 30.0 Å². The van der Waals surface area contributed by atoms with Crippen molar-refractivity contribution in [3.63, 3.8) is 0 Å². The van der Waals surface area contributed by atoms with Crippen molar-refractivity contribution in [3.8, 4) is 0 Å². The number of hydrogen-bond donors (Lipinski definition) is 2. The summed E-state index contributed by atoms with van der Waals surface area (Å²) in [5, 5.41) is 22.0. The highest BCUT2D eigenvalue weighted by atomic mass is 19.1. The molecule has 2 aromatic rings. The van der Waals surface area contributed by atoms with Crippen molar-refractivity contribution in [3.05, 3.63) is 107 Å². The van der Waals surface area contributed by atoms with Gasteiger partial charge in [0, 0.05) is 73.8 Å². The summed E-state index contributed by atoms with van der Waals surface area (Å²) >= 11 is 0. The van der Waals surface area contributed by atoms with E-state index in [0.29, 0.717) is 177 Å². The number of rotatable bonds is 50. The number of halogens is 2. The molecule has 25 heteroatoms. The predicted molar refractivity (Wildman–Crippen MR) is 336 cm³/mol. The molecule has 2 N–H and O–H groups in total. The first kappa shape index (κ1) is 75.5. The van der Waals surface area contributed by atoms with Crippen LogP contribution in [0.2, 0.25) is 0 Å². The first-order valence-corrected chi connectivity index (χ1v) is 33.3. The quantitative estimate of drug-likeness (QED) is 0.0659. The van der Waals surface area contributed by atoms with Crippen LogP contribution in [-0.4, -0.2) is 251 Å². The number of aliphatic hydroxyl groups excluding tert-OH is 2. The van der Waals surface area contributed by atoms with Gasteiger partial charge in [-0.15, -0.1) is 0 Å². The Kier molecular flexibility index (Phi) is 31.2. The van der Waals surface area contributed by atoms with Crippen LogP contribution in [0.1, 0.15) is 80.4 Å². The molecule has 3 saturated carbocycles. The Bertz CT molecular complexity index is 2840. The lowest BCUT2D eigenvalue weighted by molar-refractivity contribution is -0.223. The van der Waals surface area contributed by atoms with E-state index in [4.69, 9.17) is 66.3 Å². The van der Waals surface area contributed by atoms with E-state index in [-0.39, 0.29) is 80.6 Å². The van der Waals surface area contributed by atoms with Crippen molar-refractivity contribution in [2.45, 2.75) is 101 Å². The van der Waals surface area contributed by atoms with E-state index in [1.807, 2.05) is 48.5 Å². The molecule has 0 aromatic heterocycles. The molecule has 4 fully saturated rings. The largest absolute Gasteiger partial charge is 0.390 e. The fourth-order valence-corrected chi connectivity index (χ4v) is 13.6. The van der Waals surface area contributed by atoms with Crippen molar-refractivity contribution in [1.29, 1.82) is 0 Å². The molecule has 2 heterocycles. The molecule has 4 aliphatic carbocycles. The number of amides is 2. The van der Waals surface area contributed by atoms with Crippen LogP contribution in [0.15, 0.2) is 84.5 Å². The van der Waals surface area contributed by atoms with Crippen LogP contribution in [0.4, 0.5) is 8.78 Å². The monoisotopic (exact) mass is 1340 g/mol. The molecule has 0 radical (unpaired) electrons. The minimum absolute atomic E-state index is 0.0167. The van der Waals surface area contributed by atoms with E-state index in [2.05, 4.69) is 0 Å². The first-order valence-electron chi connectivity index (χ1n) is 33.3. The first-order chi connectivity index (χ1) is 46.2. The maximum atomic E-state index is 17.4. The lowest BCUT2D eigenvalue weighted by Crippen LogP contribution is -2.68. The lowest BCUT2D eigenvalue weighted by Gasteiger charge is -2.59. The summed E-state index contributed by atoms with van der Waals surface area (Å²) in [7, 11) is 0. The Morgan fingerprint density at radius 3 is 1.60 bits per heavy atom. The third-order valence-corrected chi connectivity index (χ3v) is 18.3. The topological polar surface area (TPSA) is 275 Å². The second-order valence-corrected chi connectivity index (χ2v) is 24.5. The molecular weight excluding hydrogens is 1240 g/mol. The molecule has 0 bridgehead atoms. The van der Waals surface area contributed by atoms with E-state index in [0.717, 1.165) is 27.7 Å². The van der Waals surface area contributed by atoms with Gasteiger partial charge in [-0.1, -0.05) is 61.5 Å². The number of hydrogen-bond acceptors (Lipinski definition) is 22. The van der Waals surface area contributed by atoms with E-state index in [1.165, 1.54) is 24.3 Å².